The van der Waals surface area contributed by atoms with Crippen LogP contribution < -0.4 is 5.32 Å². The second-order valence-corrected chi connectivity index (χ2v) is 7.68. The Morgan fingerprint density at radius 3 is 2.00 bits per heavy atom. The summed E-state index contributed by atoms with van der Waals surface area (Å²) in [4.78, 5) is 11.6. The second-order valence-electron chi connectivity index (χ2n) is 7.30. The van der Waals surface area contributed by atoms with Crippen molar-refractivity contribution in [2.75, 3.05) is 24.3 Å². The van der Waals surface area contributed by atoms with Crippen molar-refractivity contribution in [3.8, 4) is 11.8 Å². The molecule has 0 unspecified atom stereocenters. The zero-order valence-corrected chi connectivity index (χ0v) is 18.9. The summed E-state index contributed by atoms with van der Waals surface area (Å²) in [5.74, 6) is 7.12. The summed E-state index contributed by atoms with van der Waals surface area (Å²) in [6.45, 7) is 3.10. The molecule has 0 radical (unpaired) electrons. The second kappa shape index (κ2) is 18.4. The van der Waals surface area contributed by atoms with Crippen LogP contribution in [0.4, 0.5) is 5.69 Å². The fraction of sp³-hybridized carbons (Fsp3) is 0.640. The number of hydrogen-bond acceptors (Lipinski definition) is 3. The van der Waals surface area contributed by atoms with Gasteiger partial charge in [0.2, 0.25) is 0 Å². The number of carbonyl (C=O) groups is 1. The summed E-state index contributed by atoms with van der Waals surface area (Å²) in [5.41, 5.74) is 1.61. The van der Waals surface area contributed by atoms with Gasteiger partial charge in [0.1, 0.15) is 0 Å². The third-order valence-corrected chi connectivity index (χ3v) is 5.03. The Balaban J connectivity index is 1.94. The fourth-order valence-corrected chi connectivity index (χ4v) is 3.26. The van der Waals surface area contributed by atoms with Crippen LogP contribution in [0.25, 0.3) is 0 Å². The predicted molar refractivity (Wildman–Crippen MR) is 125 cm³/mol. The molecule has 1 aromatic carbocycles. The Morgan fingerprint density at radius 1 is 0.862 bits per heavy atom. The van der Waals surface area contributed by atoms with Gasteiger partial charge in [0.25, 0.3) is 0 Å². The number of hydrogen-bond donors (Lipinski definition) is 1. The molecule has 0 aliphatic heterocycles. The molecule has 0 atom stereocenters. The molecule has 0 fully saturated rings. The van der Waals surface area contributed by atoms with E-state index in [1.165, 1.54) is 57.8 Å². The van der Waals surface area contributed by atoms with Crippen LogP contribution in [0, 0.1) is 11.8 Å². The van der Waals surface area contributed by atoms with Gasteiger partial charge in [-0.3, -0.25) is 0 Å². The molecule has 0 saturated carbocycles. The van der Waals surface area contributed by atoms with Crippen molar-refractivity contribution in [1.29, 1.82) is 0 Å². The van der Waals surface area contributed by atoms with E-state index in [1.54, 1.807) is 12.1 Å². The van der Waals surface area contributed by atoms with E-state index in [4.69, 9.17) is 16.3 Å². The van der Waals surface area contributed by atoms with Gasteiger partial charge < -0.3 is 10.1 Å². The van der Waals surface area contributed by atoms with Gasteiger partial charge in [-0.25, -0.2) is 4.79 Å². The first kappa shape index (κ1) is 25.4. The van der Waals surface area contributed by atoms with Crippen LogP contribution in [0.2, 0.25) is 0 Å². The van der Waals surface area contributed by atoms with Crippen LogP contribution in [0.5, 0.6) is 0 Å². The first-order valence-corrected chi connectivity index (χ1v) is 11.8. The van der Waals surface area contributed by atoms with E-state index < -0.39 is 0 Å². The van der Waals surface area contributed by atoms with E-state index in [1.807, 2.05) is 19.1 Å². The Kier molecular flexibility index (Phi) is 16.1. The maximum absolute atomic E-state index is 11.6. The minimum atomic E-state index is -0.271. The highest BCUT2D eigenvalue weighted by atomic mass is 35.5. The van der Waals surface area contributed by atoms with Crippen molar-refractivity contribution < 1.29 is 9.53 Å². The topological polar surface area (TPSA) is 38.3 Å². The smallest absolute Gasteiger partial charge is 0.338 e. The van der Waals surface area contributed by atoms with E-state index in [0.717, 1.165) is 37.4 Å². The van der Waals surface area contributed by atoms with Crippen molar-refractivity contribution in [1.82, 2.24) is 0 Å². The van der Waals surface area contributed by atoms with Crippen molar-refractivity contribution in [2.24, 2.45) is 0 Å². The highest BCUT2D eigenvalue weighted by Crippen LogP contribution is 2.12. The maximum Gasteiger partial charge on any atom is 0.338 e. The standard InChI is InChI=1S/C25H38ClNO2/c1-2-29-25(28)23-17-19-24(20-18-23)27-22-16-14-12-10-8-6-4-3-5-7-9-11-13-15-21-26/h17-20,27H,2-9,11,13-16,21-22H2,1H3. The number of halogens is 1. The van der Waals surface area contributed by atoms with Gasteiger partial charge in [0.15, 0.2) is 0 Å². The maximum atomic E-state index is 11.6. The molecule has 1 rings (SSSR count). The first-order chi connectivity index (χ1) is 14.3. The number of esters is 1. The fourth-order valence-electron chi connectivity index (χ4n) is 3.07. The number of nitrogens with one attached hydrogen (secondary N) is 1. The number of benzene rings is 1. The number of carbonyl (C=O) groups excluding carboxylic acids is 1. The number of alkyl halides is 1. The molecule has 4 heteroatoms. The van der Waals surface area contributed by atoms with Crippen molar-refractivity contribution in [2.45, 2.75) is 84.0 Å². The summed E-state index contributed by atoms with van der Waals surface area (Å²) in [6.07, 6.45) is 14.7. The van der Waals surface area contributed by atoms with E-state index in [9.17, 15) is 4.79 Å². The number of anilines is 1. The van der Waals surface area contributed by atoms with Gasteiger partial charge in [-0.15, -0.1) is 23.4 Å². The molecule has 0 bridgehead atoms. The normalized spacial score (nSPS) is 10.3. The van der Waals surface area contributed by atoms with Gasteiger partial charge >= 0.3 is 5.97 Å². The number of ether oxygens (including phenoxy) is 1. The number of unbranched alkanes of at least 4 members (excludes halogenated alkanes) is 10. The van der Waals surface area contributed by atoms with Gasteiger partial charge in [0, 0.05) is 31.0 Å². The average molecular weight is 420 g/mol. The first-order valence-electron chi connectivity index (χ1n) is 11.3. The third kappa shape index (κ3) is 14.0. The Hall–Kier alpha value is -1.66. The third-order valence-electron chi connectivity index (χ3n) is 4.76. The molecule has 0 aliphatic carbocycles. The quantitative estimate of drug-likeness (QED) is 0.133. The zero-order chi connectivity index (χ0) is 21.0. The molecule has 1 N–H and O–H groups in total. The van der Waals surface area contributed by atoms with Gasteiger partial charge in [-0.2, -0.15) is 0 Å². The van der Waals surface area contributed by atoms with E-state index >= 15 is 0 Å². The van der Waals surface area contributed by atoms with Gasteiger partial charge in [-0.1, -0.05) is 44.9 Å². The highest BCUT2D eigenvalue weighted by Gasteiger charge is 2.05. The molecule has 1 aromatic rings. The Labute approximate surface area is 182 Å². The molecule has 0 spiro atoms. The summed E-state index contributed by atoms with van der Waals surface area (Å²) < 4.78 is 4.98. The molecule has 0 heterocycles. The van der Waals surface area contributed by atoms with Crippen LogP contribution in [0.3, 0.4) is 0 Å². The van der Waals surface area contributed by atoms with Crippen LogP contribution in [-0.4, -0.2) is 25.0 Å². The van der Waals surface area contributed by atoms with Gasteiger partial charge in [0.05, 0.1) is 12.2 Å². The van der Waals surface area contributed by atoms with Gasteiger partial charge in [-0.05, 0) is 50.5 Å². The summed E-state index contributed by atoms with van der Waals surface area (Å²) >= 11 is 5.68. The monoisotopic (exact) mass is 419 g/mol. The lowest BCUT2D eigenvalue weighted by Gasteiger charge is -2.06. The lowest BCUT2D eigenvalue weighted by Crippen LogP contribution is -2.05. The summed E-state index contributed by atoms with van der Waals surface area (Å²) in [5, 5.41) is 3.36. The molecule has 0 amide bonds. The largest absolute Gasteiger partial charge is 0.462 e. The molecule has 29 heavy (non-hydrogen) atoms. The summed E-state index contributed by atoms with van der Waals surface area (Å²) in [6, 6.07) is 7.42. The highest BCUT2D eigenvalue weighted by molar-refractivity contribution is 6.17. The Morgan fingerprint density at radius 2 is 1.41 bits per heavy atom. The lowest BCUT2D eigenvalue weighted by atomic mass is 10.1. The molecule has 162 valence electrons. The average Bonchev–Trinajstić information content (AvgIpc) is 2.74. The van der Waals surface area contributed by atoms with Crippen molar-refractivity contribution >= 4 is 23.3 Å². The molecular formula is C25H38ClNO2. The van der Waals surface area contributed by atoms with Crippen LogP contribution in [0.15, 0.2) is 24.3 Å². The van der Waals surface area contributed by atoms with E-state index in [0.29, 0.717) is 12.2 Å². The number of rotatable bonds is 16. The molecule has 0 aromatic heterocycles. The molecular weight excluding hydrogens is 382 g/mol. The minimum absolute atomic E-state index is 0.271. The van der Waals surface area contributed by atoms with Crippen molar-refractivity contribution in [3.63, 3.8) is 0 Å². The SMILES string of the molecule is CCOC(=O)c1ccc(NCCCC#CCCCCCCCCCCCCl)cc1. The minimum Gasteiger partial charge on any atom is -0.462 e. The van der Waals surface area contributed by atoms with Crippen molar-refractivity contribution in [3.05, 3.63) is 29.8 Å². The molecule has 0 aliphatic rings. The van der Waals surface area contributed by atoms with Crippen LogP contribution in [0.1, 0.15) is 94.3 Å². The van der Waals surface area contributed by atoms with E-state index in [2.05, 4.69) is 17.2 Å². The summed E-state index contributed by atoms with van der Waals surface area (Å²) in [7, 11) is 0. The lowest BCUT2D eigenvalue weighted by molar-refractivity contribution is 0.0526. The van der Waals surface area contributed by atoms with Crippen LogP contribution >= 0.6 is 11.6 Å². The molecule has 0 saturated heterocycles. The molecule has 3 nitrogen and oxygen atoms in total. The van der Waals surface area contributed by atoms with E-state index in [-0.39, 0.29) is 5.97 Å². The predicted octanol–water partition coefficient (Wildman–Crippen LogP) is 7.20. The Bertz CT molecular complexity index is 589. The van der Waals surface area contributed by atoms with Crippen LogP contribution in [-0.2, 0) is 4.74 Å². The zero-order valence-electron chi connectivity index (χ0n) is 18.1.